The smallest absolute Gasteiger partial charge is 0.410 e. The third kappa shape index (κ3) is 4.37. The van der Waals surface area contributed by atoms with Crippen LogP contribution in [0.2, 0.25) is 0 Å². The van der Waals surface area contributed by atoms with E-state index in [2.05, 4.69) is 0 Å². The van der Waals surface area contributed by atoms with Gasteiger partial charge in [0.05, 0.1) is 6.04 Å². The quantitative estimate of drug-likeness (QED) is 0.807. The lowest BCUT2D eigenvalue weighted by molar-refractivity contribution is -0.141. The van der Waals surface area contributed by atoms with Crippen LogP contribution in [0.3, 0.4) is 0 Å². The van der Waals surface area contributed by atoms with Crippen LogP contribution in [0, 0.1) is 5.41 Å². The number of carboxylic acid groups (broad SMARTS) is 1. The molecule has 1 saturated heterocycles. The maximum atomic E-state index is 12.3. The van der Waals surface area contributed by atoms with Crippen LogP contribution in [0.15, 0.2) is 0 Å². The van der Waals surface area contributed by atoms with Crippen LogP contribution in [0.4, 0.5) is 4.79 Å². The van der Waals surface area contributed by atoms with Crippen molar-refractivity contribution in [2.45, 2.75) is 65.1 Å². The molecule has 0 aromatic carbocycles. The third-order valence-corrected chi connectivity index (χ3v) is 3.44. The molecule has 0 bridgehead atoms. The van der Waals surface area contributed by atoms with E-state index in [0.29, 0.717) is 13.0 Å². The normalized spacial score (nSPS) is 24.1. The molecule has 0 radical (unpaired) electrons. The molecule has 1 heterocycles. The number of hydrogen-bond acceptors (Lipinski definition) is 4. The second kappa shape index (κ2) is 5.60. The largest absolute Gasteiger partial charge is 0.480 e. The number of ether oxygens (including phenoxy) is 1. The summed E-state index contributed by atoms with van der Waals surface area (Å²) in [4.78, 5) is 24.9. The van der Waals surface area contributed by atoms with Gasteiger partial charge in [0.1, 0.15) is 11.6 Å². The molecule has 2 atom stereocenters. The molecular weight excluding hydrogens is 260 g/mol. The zero-order valence-electron chi connectivity index (χ0n) is 13.0. The number of carbonyl (C=O) groups excluding carboxylic acids is 1. The van der Waals surface area contributed by atoms with E-state index in [1.807, 2.05) is 13.8 Å². The van der Waals surface area contributed by atoms with Crippen LogP contribution in [-0.2, 0) is 9.53 Å². The van der Waals surface area contributed by atoms with Crippen LogP contribution in [0.5, 0.6) is 0 Å². The summed E-state index contributed by atoms with van der Waals surface area (Å²) < 4.78 is 5.37. The van der Waals surface area contributed by atoms with Gasteiger partial charge in [0.2, 0.25) is 0 Å². The summed E-state index contributed by atoms with van der Waals surface area (Å²) in [6.45, 7) is 9.90. The van der Waals surface area contributed by atoms with Crippen molar-refractivity contribution in [3.05, 3.63) is 0 Å². The Hall–Kier alpha value is -1.30. The Kier molecular flexibility index (Phi) is 4.69. The van der Waals surface area contributed by atoms with Crippen molar-refractivity contribution in [3.8, 4) is 0 Å². The summed E-state index contributed by atoms with van der Waals surface area (Å²) in [7, 11) is 0. The summed E-state index contributed by atoms with van der Waals surface area (Å²) in [6.07, 6.45) is 0.907. The summed E-state index contributed by atoms with van der Waals surface area (Å²) >= 11 is 0. The van der Waals surface area contributed by atoms with Crippen molar-refractivity contribution < 1.29 is 19.4 Å². The molecule has 2 unspecified atom stereocenters. The SMILES string of the molecule is CC1(C)CCC(C(N)C(=O)O)N(C(=O)OC(C)(C)C)C1. The number of carbonyl (C=O) groups is 2. The predicted octanol–water partition coefficient (Wildman–Crippen LogP) is 1.82. The lowest BCUT2D eigenvalue weighted by atomic mass is 9.80. The van der Waals surface area contributed by atoms with Crippen molar-refractivity contribution in [1.82, 2.24) is 4.90 Å². The Bertz CT molecular complexity index is 387. The molecule has 3 N–H and O–H groups in total. The first-order chi connectivity index (χ1) is 8.93. The fourth-order valence-electron chi connectivity index (χ4n) is 2.41. The van der Waals surface area contributed by atoms with E-state index in [1.54, 1.807) is 20.8 Å². The second-order valence-corrected chi connectivity index (χ2v) is 7.24. The first kappa shape index (κ1) is 16.8. The van der Waals surface area contributed by atoms with E-state index in [-0.39, 0.29) is 5.41 Å². The molecule has 1 aliphatic heterocycles. The highest BCUT2D eigenvalue weighted by molar-refractivity contribution is 5.76. The minimum Gasteiger partial charge on any atom is -0.480 e. The van der Waals surface area contributed by atoms with Gasteiger partial charge in [-0.25, -0.2) is 4.79 Å². The molecule has 20 heavy (non-hydrogen) atoms. The molecule has 6 nitrogen and oxygen atoms in total. The topological polar surface area (TPSA) is 92.9 Å². The van der Waals surface area contributed by atoms with Gasteiger partial charge in [0.15, 0.2) is 0 Å². The number of carboxylic acids is 1. The Balaban J connectivity index is 2.93. The van der Waals surface area contributed by atoms with Crippen molar-refractivity contribution in [2.75, 3.05) is 6.54 Å². The highest BCUT2D eigenvalue weighted by atomic mass is 16.6. The van der Waals surface area contributed by atoms with E-state index < -0.39 is 29.7 Å². The molecule has 116 valence electrons. The molecule has 1 fully saturated rings. The first-order valence-corrected chi connectivity index (χ1v) is 6.91. The van der Waals surface area contributed by atoms with E-state index in [1.165, 1.54) is 4.90 Å². The number of hydrogen-bond donors (Lipinski definition) is 2. The number of piperidine rings is 1. The lowest BCUT2D eigenvalue weighted by Gasteiger charge is -2.44. The number of likely N-dealkylation sites (tertiary alicyclic amines) is 1. The summed E-state index contributed by atoms with van der Waals surface area (Å²) in [5.74, 6) is -1.09. The van der Waals surface area contributed by atoms with Gasteiger partial charge in [-0.05, 0) is 39.0 Å². The van der Waals surface area contributed by atoms with Gasteiger partial charge >= 0.3 is 12.1 Å². The van der Waals surface area contributed by atoms with Crippen LogP contribution >= 0.6 is 0 Å². The molecule has 6 heteroatoms. The Morgan fingerprint density at radius 2 is 1.95 bits per heavy atom. The molecule has 0 aromatic heterocycles. The maximum absolute atomic E-state index is 12.3. The van der Waals surface area contributed by atoms with Gasteiger partial charge < -0.3 is 20.5 Å². The van der Waals surface area contributed by atoms with Gasteiger partial charge in [-0.15, -0.1) is 0 Å². The number of amides is 1. The number of nitrogens with zero attached hydrogens (tertiary/aromatic N) is 1. The van der Waals surface area contributed by atoms with Crippen LogP contribution in [-0.4, -0.2) is 46.3 Å². The Morgan fingerprint density at radius 1 is 1.40 bits per heavy atom. The zero-order valence-corrected chi connectivity index (χ0v) is 13.0. The van der Waals surface area contributed by atoms with Gasteiger partial charge in [-0.1, -0.05) is 13.8 Å². The molecule has 1 amide bonds. The van der Waals surface area contributed by atoms with Crippen LogP contribution in [0.1, 0.15) is 47.5 Å². The van der Waals surface area contributed by atoms with Crippen LogP contribution < -0.4 is 5.73 Å². The Labute approximate surface area is 120 Å². The molecular formula is C14H26N2O4. The fraction of sp³-hybridized carbons (Fsp3) is 0.857. The molecule has 0 aromatic rings. The van der Waals surface area contributed by atoms with Crippen LogP contribution in [0.25, 0.3) is 0 Å². The monoisotopic (exact) mass is 286 g/mol. The number of nitrogens with two attached hydrogens (primary N) is 1. The zero-order chi connectivity index (χ0) is 15.7. The molecule has 0 saturated carbocycles. The fourth-order valence-corrected chi connectivity index (χ4v) is 2.41. The molecule has 0 spiro atoms. The number of aliphatic carboxylic acids is 1. The van der Waals surface area contributed by atoms with Crippen molar-refractivity contribution >= 4 is 12.1 Å². The van der Waals surface area contributed by atoms with Crippen molar-refractivity contribution in [1.29, 1.82) is 0 Å². The van der Waals surface area contributed by atoms with Gasteiger partial charge in [0, 0.05) is 6.54 Å². The second-order valence-electron chi connectivity index (χ2n) is 7.24. The van der Waals surface area contributed by atoms with E-state index >= 15 is 0 Å². The van der Waals surface area contributed by atoms with Crippen molar-refractivity contribution in [2.24, 2.45) is 11.1 Å². The lowest BCUT2D eigenvalue weighted by Crippen LogP contribution is -2.59. The highest BCUT2D eigenvalue weighted by Crippen LogP contribution is 2.33. The maximum Gasteiger partial charge on any atom is 0.410 e. The molecule has 1 aliphatic rings. The molecule has 1 rings (SSSR count). The average Bonchev–Trinajstić information content (AvgIpc) is 2.24. The van der Waals surface area contributed by atoms with Gasteiger partial charge in [-0.2, -0.15) is 0 Å². The minimum absolute atomic E-state index is 0.0639. The average molecular weight is 286 g/mol. The van der Waals surface area contributed by atoms with Crippen molar-refractivity contribution in [3.63, 3.8) is 0 Å². The minimum atomic E-state index is -1.09. The first-order valence-electron chi connectivity index (χ1n) is 6.91. The summed E-state index contributed by atoms with van der Waals surface area (Å²) in [5, 5.41) is 9.09. The van der Waals surface area contributed by atoms with Gasteiger partial charge in [0.25, 0.3) is 0 Å². The highest BCUT2D eigenvalue weighted by Gasteiger charge is 2.42. The third-order valence-electron chi connectivity index (χ3n) is 3.44. The van der Waals surface area contributed by atoms with E-state index in [9.17, 15) is 9.59 Å². The van der Waals surface area contributed by atoms with E-state index in [0.717, 1.165) is 6.42 Å². The number of rotatable bonds is 2. The summed E-state index contributed by atoms with van der Waals surface area (Å²) in [6, 6.07) is -1.60. The standard InChI is InChI=1S/C14H26N2O4/c1-13(2,3)20-12(19)16-8-14(4,5)7-6-9(16)10(15)11(17)18/h9-10H,6-8,15H2,1-5H3,(H,17,18). The Morgan fingerprint density at radius 3 is 2.40 bits per heavy atom. The van der Waals surface area contributed by atoms with Gasteiger partial charge in [-0.3, -0.25) is 4.79 Å². The van der Waals surface area contributed by atoms with E-state index in [4.69, 9.17) is 15.6 Å². The predicted molar refractivity (Wildman–Crippen MR) is 75.4 cm³/mol. The summed E-state index contributed by atoms with van der Waals surface area (Å²) in [5.41, 5.74) is 5.04. The molecule has 0 aliphatic carbocycles.